The fourth-order valence-electron chi connectivity index (χ4n) is 6.83. The van der Waals surface area contributed by atoms with Crippen molar-refractivity contribution >= 4 is 23.8 Å². The highest BCUT2D eigenvalue weighted by Crippen LogP contribution is 2.49. The molecule has 3 aliphatic rings. The molecule has 1 aromatic carbocycles. The summed E-state index contributed by atoms with van der Waals surface area (Å²) in [5, 5.41) is 0. The quantitative estimate of drug-likeness (QED) is 0.374. The van der Waals surface area contributed by atoms with Gasteiger partial charge in [0.1, 0.15) is 0 Å². The Bertz CT molecular complexity index is 755. The number of anilines is 2. The molecule has 1 saturated carbocycles. The molecule has 0 bridgehead atoms. The number of unbranched alkanes of at least 4 members (excludes halogenated alkanes) is 1. The van der Waals surface area contributed by atoms with E-state index in [0.717, 1.165) is 13.1 Å². The second kappa shape index (κ2) is 13.0. The predicted octanol–water partition coefficient (Wildman–Crippen LogP) is 7.11. The van der Waals surface area contributed by atoms with E-state index in [4.69, 9.17) is 4.74 Å². The average molecular weight is 506 g/mol. The van der Waals surface area contributed by atoms with E-state index in [9.17, 15) is 0 Å². The smallest absolute Gasteiger partial charge is 0.0726 e. The Labute approximate surface area is 222 Å². The minimum atomic E-state index is 0. The van der Waals surface area contributed by atoms with Crippen molar-refractivity contribution in [3.05, 3.63) is 23.8 Å². The molecular formula is C30H52ClN3O. The molecule has 0 radical (unpaired) electrons. The zero-order chi connectivity index (χ0) is 24.1. The summed E-state index contributed by atoms with van der Waals surface area (Å²) in [5.74, 6) is 0.704. The van der Waals surface area contributed by atoms with Crippen molar-refractivity contribution in [2.75, 3.05) is 55.6 Å². The third-order valence-electron chi connectivity index (χ3n) is 9.32. The maximum Gasteiger partial charge on any atom is 0.0726 e. The molecule has 4 nitrogen and oxygen atoms in total. The molecule has 5 heteroatoms. The monoisotopic (exact) mass is 505 g/mol. The van der Waals surface area contributed by atoms with Gasteiger partial charge in [-0.2, -0.15) is 0 Å². The van der Waals surface area contributed by atoms with Crippen LogP contribution in [0.2, 0.25) is 0 Å². The molecule has 200 valence electrons. The van der Waals surface area contributed by atoms with Gasteiger partial charge in [-0.1, -0.05) is 40.0 Å². The number of halogens is 1. The Morgan fingerprint density at radius 2 is 1.51 bits per heavy atom. The molecule has 0 aromatic heterocycles. The van der Waals surface area contributed by atoms with Gasteiger partial charge >= 0.3 is 0 Å². The number of morpholine rings is 1. The summed E-state index contributed by atoms with van der Waals surface area (Å²) in [6, 6.07) is 7.45. The summed E-state index contributed by atoms with van der Waals surface area (Å²) >= 11 is 0. The minimum absolute atomic E-state index is 0. The molecule has 3 fully saturated rings. The van der Waals surface area contributed by atoms with Gasteiger partial charge in [0.2, 0.25) is 0 Å². The van der Waals surface area contributed by atoms with Crippen LogP contribution in [-0.2, 0) is 4.74 Å². The van der Waals surface area contributed by atoms with E-state index in [1.165, 1.54) is 95.5 Å². The van der Waals surface area contributed by atoms with Gasteiger partial charge in [0.05, 0.1) is 12.2 Å². The van der Waals surface area contributed by atoms with E-state index in [1.54, 1.807) is 5.56 Å². The van der Waals surface area contributed by atoms with Crippen LogP contribution in [0.3, 0.4) is 0 Å². The molecule has 0 unspecified atom stereocenters. The number of benzene rings is 1. The highest BCUT2D eigenvalue weighted by atomic mass is 35.5. The topological polar surface area (TPSA) is 19.0 Å². The van der Waals surface area contributed by atoms with Crippen LogP contribution >= 0.6 is 12.4 Å². The maximum atomic E-state index is 6.03. The highest BCUT2D eigenvalue weighted by molar-refractivity contribution is 5.85. The van der Waals surface area contributed by atoms with Gasteiger partial charge in [-0.25, -0.2) is 0 Å². The lowest BCUT2D eigenvalue weighted by molar-refractivity contribution is -0.00522. The molecule has 1 aromatic rings. The third-order valence-corrected chi connectivity index (χ3v) is 9.32. The minimum Gasteiger partial charge on any atom is -0.372 e. The van der Waals surface area contributed by atoms with Crippen LogP contribution in [0.5, 0.6) is 0 Å². The van der Waals surface area contributed by atoms with Crippen molar-refractivity contribution in [3.63, 3.8) is 0 Å². The van der Waals surface area contributed by atoms with E-state index in [0.29, 0.717) is 23.5 Å². The summed E-state index contributed by atoms with van der Waals surface area (Å²) < 4.78 is 6.03. The lowest BCUT2D eigenvalue weighted by Crippen LogP contribution is -2.47. The molecule has 1 aliphatic carbocycles. The van der Waals surface area contributed by atoms with Crippen LogP contribution in [0.1, 0.15) is 97.5 Å². The van der Waals surface area contributed by atoms with E-state index in [-0.39, 0.29) is 12.4 Å². The van der Waals surface area contributed by atoms with Crippen molar-refractivity contribution < 1.29 is 4.74 Å². The first kappa shape index (κ1) is 28.6. The Balaban J connectivity index is 0.00000342. The molecular weight excluding hydrogens is 454 g/mol. The van der Waals surface area contributed by atoms with Crippen LogP contribution in [0, 0.1) is 5.41 Å². The van der Waals surface area contributed by atoms with Gasteiger partial charge in [0.15, 0.2) is 0 Å². The number of ether oxygens (including phenoxy) is 1. The standard InChI is InChI=1S/C30H51N3O.ClH/c1-6-9-16-31-17-19-32(20-18-31)29-11-10-27(33-22-24(4)34-25(5)23-33)21-28(29)26-12-14-30(7-2,8-3)15-13-26;/h10-11,21,24-26H,6-9,12-20,22-23H2,1-5H3;1H/t24-,25+;. The second-order valence-electron chi connectivity index (χ2n) is 11.6. The number of nitrogens with zero attached hydrogens (tertiary/aromatic N) is 3. The largest absolute Gasteiger partial charge is 0.372 e. The Morgan fingerprint density at radius 1 is 0.886 bits per heavy atom. The summed E-state index contributed by atoms with van der Waals surface area (Å²) in [5.41, 5.74) is 5.16. The molecule has 2 heterocycles. The zero-order valence-electron chi connectivity index (χ0n) is 23.2. The first-order valence-corrected chi connectivity index (χ1v) is 14.5. The van der Waals surface area contributed by atoms with Gasteiger partial charge in [-0.05, 0) is 87.6 Å². The van der Waals surface area contributed by atoms with E-state index < -0.39 is 0 Å². The summed E-state index contributed by atoms with van der Waals surface area (Å²) in [4.78, 5) is 7.94. The van der Waals surface area contributed by atoms with Gasteiger partial charge in [-0.3, -0.25) is 4.90 Å². The van der Waals surface area contributed by atoms with E-state index in [1.807, 2.05) is 0 Å². The molecule has 35 heavy (non-hydrogen) atoms. The van der Waals surface area contributed by atoms with Crippen LogP contribution in [0.4, 0.5) is 11.4 Å². The lowest BCUT2D eigenvalue weighted by Gasteiger charge is -2.42. The van der Waals surface area contributed by atoms with Crippen LogP contribution in [0.15, 0.2) is 18.2 Å². The highest BCUT2D eigenvalue weighted by Gasteiger charge is 2.34. The van der Waals surface area contributed by atoms with Crippen LogP contribution < -0.4 is 9.80 Å². The molecule has 2 aliphatic heterocycles. The summed E-state index contributed by atoms with van der Waals surface area (Å²) in [6.07, 6.45) is 11.4. The molecule has 2 atom stereocenters. The van der Waals surface area contributed by atoms with Crippen molar-refractivity contribution in [2.24, 2.45) is 5.41 Å². The van der Waals surface area contributed by atoms with Crippen molar-refractivity contribution in [2.45, 2.75) is 104 Å². The van der Waals surface area contributed by atoms with Crippen molar-refractivity contribution in [1.82, 2.24) is 4.90 Å². The van der Waals surface area contributed by atoms with E-state index in [2.05, 4.69) is 67.5 Å². The Morgan fingerprint density at radius 3 is 2.09 bits per heavy atom. The second-order valence-corrected chi connectivity index (χ2v) is 11.6. The molecule has 0 spiro atoms. The molecule has 2 saturated heterocycles. The predicted molar refractivity (Wildman–Crippen MR) is 154 cm³/mol. The normalized spacial score (nSPS) is 26.0. The number of hydrogen-bond acceptors (Lipinski definition) is 4. The Hall–Kier alpha value is -0.970. The van der Waals surface area contributed by atoms with Crippen LogP contribution in [0.25, 0.3) is 0 Å². The molecule has 0 N–H and O–H groups in total. The SMILES string of the molecule is CCCCN1CCN(c2ccc(N3C[C@@H](C)O[C@@H](C)C3)cc2C2CCC(CC)(CC)CC2)CC1.Cl. The Kier molecular flexibility index (Phi) is 10.6. The lowest BCUT2D eigenvalue weighted by atomic mass is 9.66. The van der Waals surface area contributed by atoms with Crippen LogP contribution in [-0.4, -0.2) is 62.9 Å². The summed E-state index contributed by atoms with van der Waals surface area (Å²) in [7, 11) is 0. The average Bonchev–Trinajstić information content (AvgIpc) is 2.87. The third kappa shape index (κ3) is 6.87. The van der Waals surface area contributed by atoms with Crippen molar-refractivity contribution in [1.29, 1.82) is 0 Å². The van der Waals surface area contributed by atoms with Gasteiger partial charge in [-0.15, -0.1) is 12.4 Å². The van der Waals surface area contributed by atoms with Gasteiger partial charge in [0, 0.05) is 50.6 Å². The van der Waals surface area contributed by atoms with E-state index >= 15 is 0 Å². The zero-order valence-corrected chi connectivity index (χ0v) is 24.0. The first-order chi connectivity index (χ1) is 16.5. The molecule has 4 rings (SSSR count). The number of rotatable bonds is 8. The number of piperazine rings is 1. The van der Waals surface area contributed by atoms with Gasteiger partial charge in [0.25, 0.3) is 0 Å². The molecule has 0 amide bonds. The maximum absolute atomic E-state index is 6.03. The fraction of sp³-hybridized carbons (Fsp3) is 0.800. The summed E-state index contributed by atoms with van der Waals surface area (Å²) in [6.45, 7) is 19.6. The fourth-order valence-corrected chi connectivity index (χ4v) is 6.83. The van der Waals surface area contributed by atoms with Gasteiger partial charge < -0.3 is 14.5 Å². The first-order valence-electron chi connectivity index (χ1n) is 14.5. The number of hydrogen-bond donors (Lipinski definition) is 0. The van der Waals surface area contributed by atoms with Crippen molar-refractivity contribution in [3.8, 4) is 0 Å².